The summed E-state index contributed by atoms with van der Waals surface area (Å²) in [6, 6.07) is 6.23. The van der Waals surface area contributed by atoms with E-state index in [1.54, 1.807) is 0 Å². The standard InChI is InChI=1S/C13H17NO/c1-4-13(5-2)10-7-6-9(3)8-11(10)14-12(13)15/h6-8H,4-5H2,1-3H3,(H,14,15). The van der Waals surface area contributed by atoms with Crippen molar-refractivity contribution in [2.75, 3.05) is 5.32 Å². The first-order chi connectivity index (χ1) is 7.14. The molecule has 1 aromatic rings. The zero-order valence-corrected chi connectivity index (χ0v) is 9.55. The van der Waals surface area contributed by atoms with Crippen molar-refractivity contribution in [1.82, 2.24) is 0 Å². The third kappa shape index (κ3) is 1.28. The fraction of sp³-hybridized carbons (Fsp3) is 0.462. The Morgan fingerprint density at radius 3 is 2.53 bits per heavy atom. The molecule has 0 radical (unpaired) electrons. The lowest BCUT2D eigenvalue weighted by molar-refractivity contribution is -0.121. The quantitative estimate of drug-likeness (QED) is 0.786. The average molecular weight is 203 g/mol. The zero-order valence-electron chi connectivity index (χ0n) is 9.55. The van der Waals surface area contributed by atoms with Crippen molar-refractivity contribution in [1.29, 1.82) is 0 Å². The molecule has 0 aromatic heterocycles. The molecular formula is C13H17NO. The van der Waals surface area contributed by atoms with Gasteiger partial charge >= 0.3 is 0 Å². The predicted octanol–water partition coefficient (Wildman–Crippen LogP) is 3.00. The van der Waals surface area contributed by atoms with Crippen LogP contribution in [0.1, 0.15) is 37.8 Å². The molecular weight excluding hydrogens is 186 g/mol. The number of hydrogen-bond acceptors (Lipinski definition) is 1. The number of anilines is 1. The van der Waals surface area contributed by atoms with E-state index in [4.69, 9.17) is 0 Å². The van der Waals surface area contributed by atoms with Crippen molar-refractivity contribution in [3.8, 4) is 0 Å². The second-order valence-corrected chi connectivity index (χ2v) is 4.29. The van der Waals surface area contributed by atoms with Crippen molar-refractivity contribution in [3.63, 3.8) is 0 Å². The van der Waals surface area contributed by atoms with E-state index in [0.29, 0.717) is 0 Å². The minimum absolute atomic E-state index is 0.160. The molecule has 0 bridgehead atoms. The van der Waals surface area contributed by atoms with Crippen molar-refractivity contribution in [2.45, 2.75) is 39.0 Å². The lowest BCUT2D eigenvalue weighted by Gasteiger charge is -2.23. The van der Waals surface area contributed by atoms with E-state index < -0.39 is 0 Å². The zero-order chi connectivity index (χ0) is 11.1. The molecule has 0 aliphatic carbocycles. The highest BCUT2D eigenvalue weighted by Crippen LogP contribution is 2.42. The Morgan fingerprint density at radius 1 is 1.27 bits per heavy atom. The van der Waals surface area contributed by atoms with Gasteiger partial charge in [0.2, 0.25) is 5.91 Å². The maximum absolute atomic E-state index is 12.0. The number of benzene rings is 1. The summed E-state index contributed by atoms with van der Waals surface area (Å²) in [5.74, 6) is 0.160. The van der Waals surface area contributed by atoms with E-state index >= 15 is 0 Å². The summed E-state index contributed by atoms with van der Waals surface area (Å²) in [5, 5.41) is 2.99. The molecule has 1 amide bonds. The second kappa shape index (κ2) is 3.37. The second-order valence-electron chi connectivity index (χ2n) is 4.29. The molecule has 2 rings (SSSR count). The third-order valence-corrected chi connectivity index (χ3v) is 3.58. The van der Waals surface area contributed by atoms with Gasteiger partial charge in [-0.25, -0.2) is 0 Å². The number of nitrogens with one attached hydrogen (secondary N) is 1. The lowest BCUT2D eigenvalue weighted by Crippen LogP contribution is -2.32. The molecule has 2 nitrogen and oxygen atoms in total. The number of carbonyl (C=O) groups is 1. The number of amides is 1. The van der Waals surface area contributed by atoms with Crippen LogP contribution in [0.25, 0.3) is 0 Å². The first kappa shape index (κ1) is 10.2. The Bertz CT molecular complexity index is 405. The van der Waals surface area contributed by atoms with E-state index in [9.17, 15) is 4.79 Å². The molecule has 2 heteroatoms. The van der Waals surface area contributed by atoms with Crippen LogP contribution in [0, 0.1) is 6.92 Å². The van der Waals surface area contributed by atoms with Crippen LogP contribution in [0.15, 0.2) is 18.2 Å². The summed E-state index contributed by atoms with van der Waals surface area (Å²) >= 11 is 0. The Kier molecular flexibility index (Phi) is 2.29. The van der Waals surface area contributed by atoms with E-state index in [2.05, 4.69) is 37.4 Å². The van der Waals surface area contributed by atoms with Crippen molar-refractivity contribution >= 4 is 11.6 Å². The van der Waals surface area contributed by atoms with Crippen molar-refractivity contribution in [2.24, 2.45) is 0 Å². The number of carbonyl (C=O) groups excluding carboxylic acids is 1. The fourth-order valence-corrected chi connectivity index (χ4v) is 2.50. The van der Waals surface area contributed by atoms with Gasteiger partial charge in [-0.1, -0.05) is 26.0 Å². The highest BCUT2D eigenvalue weighted by atomic mass is 16.2. The van der Waals surface area contributed by atoms with Crippen LogP contribution in [0.4, 0.5) is 5.69 Å². The summed E-state index contributed by atoms with van der Waals surface area (Å²) in [7, 11) is 0. The van der Waals surface area contributed by atoms with E-state index in [-0.39, 0.29) is 11.3 Å². The summed E-state index contributed by atoms with van der Waals surface area (Å²) in [6.07, 6.45) is 1.73. The van der Waals surface area contributed by atoms with Gasteiger partial charge in [0.25, 0.3) is 0 Å². The summed E-state index contributed by atoms with van der Waals surface area (Å²) in [6.45, 7) is 6.21. The van der Waals surface area contributed by atoms with Crippen LogP contribution >= 0.6 is 0 Å². The maximum Gasteiger partial charge on any atom is 0.235 e. The van der Waals surface area contributed by atoms with Crippen LogP contribution in [0.3, 0.4) is 0 Å². The first-order valence-corrected chi connectivity index (χ1v) is 5.56. The Hall–Kier alpha value is -1.31. The summed E-state index contributed by atoms with van der Waals surface area (Å²) < 4.78 is 0. The number of rotatable bonds is 2. The molecule has 1 aliphatic heterocycles. The van der Waals surface area contributed by atoms with Crippen molar-refractivity contribution < 1.29 is 4.79 Å². The highest BCUT2D eigenvalue weighted by Gasteiger charge is 2.43. The van der Waals surface area contributed by atoms with Gasteiger partial charge in [-0.15, -0.1) is 0 Å². The van der Waals surface area contributed by atoms with Gasteiger partial charge in [0, 0.05) is 5.69 Å². The molecule has 0 fully saturated rings. The first-order valence-electron chi connectivity index (χ1n) is 5.56. The maximum atomic E-state index is 12.0. The molecule has 80 valence electrons. The fourth-order valence-electron chi connectivity index (χ4n) is 2.50. The molecule has 0 atom stereocenters. The number of hydrogen-bond donors (Lipinski definition) is 1. The molecule has 1 heterocycles. The molecule has 15 heavy (non-hydrogen) atoms. The molecule has 1 aliphatic rings. The SMILES string of the molecule is CCC1(CC)C(=O)Nc2cc(C)ccc21. The van der Waals surface area contributed by atoms with Gasteiger partial charge in [0.1, 0.15) is 0 Å². The Morgan fingerprint density at radius 2 is 1.93 bits per heavy atom. The van der Waals surface area contributed by atoms with Crippen LogP contribution < -0.4 is 5.32 Å². The van der Waals surface area contributed by atoms with Gasteiger partial charge in [0.05, 0.1) is 5.41 Å². The third-order valence-electron chi connectivity index (χ3n) is 3.58. The van der Waals surface area contributed by atoms with Gasteiger partial charge in [-0.05, 0) is 37.0 Å². The van der Waals surface area contributed by atoms with Crippen molar-refractivity contribution in [3.05, 3.63) is 29.3 Å². The largest absolute Gasteiger partial charge is 0.325 e. The number of fused-ring (bicyclic) bond motifs is 1. The molecule has 0 unspecified atom stereocenters. The van der Waals surface area contributed by atoms with Gasteiger partial charge in [0.15, 0.2) is 0 Å². The molecule has 0 saturated heterocycles. The monoisotopic (exact) mass is 203 g/mol. The number of aryl methyl sites for hydroxylation is 1. The van der Waals surface area contributed by atoms with Crippen LogP contribution in [-0.4, -0.2) is 5.91 Å². The Labute approximate surface area is 90.7 Å². The summed E-state index contributed by atoms with van der Waals surface area (Å²) in [4.78, 5) is 12.0. The van der Waals surface area contributed by atoms with Crippen LogP contribution in [-0.2, 0) is 10.2 Å². The minimum Gasteiger partial charge on any atom is -0.325 e. The van der Waals surface area contributed by atoms with E-state index in [1.165, 1.54) is 11.1 Å². The minimum atomic E-state index is -0.289. The molecule has 0 spiro atoms. The molecule has 1 N–H and O–H groups in total. The average Bonchev–Trinajstić information content (AvgIpc) is 2.49. The Balaban J connectivity index is 2.59. The van der Waals surface area contributed by atoms with Gasteiger partial charge in [-0.2, -0.15) is 0 Å². The molecule has 1 aromatic carbocycles. The molecule has 0 saturated carbocycles. The highest BCUT2D eigenvalue weighted by molar-refractivity contribution is 6.06. The lowest BCUT2D eigenvalue weighted by atomic mass is 9.77. The van der Waals surface area contributed by atoms with E-state index in [0.717, 1.165) is 18.5 Å². The normalized spacial score (nSPS) is 17.4. The van der Waals surface area contributed by atoms with Gasteiger partial charge < -0.3 is 5.32 Å². The topological polar surface area (TPSA) is 29.1 Å². The smallest absolute Gasteiger partial charge is 0.235 e. The van der Waals surface area contributed by atoms with Gasteiger partial charge in [-0.3, -0.25) is 4.79 Å². The predicted molar refractivity (Wildman–Crippen MR) is 62.1 cm³/mol. The van der Waals surface area contributed by atoms with E-state index in [1.807, 2.05) is 6.92 Å². The van der Waals surface area contributed by atoms with Crippen LogP contribution in [0.5, 0.6) is 0 Å². The van der Waals surface area contributed by atoms with Crippen LogP contribution in [0.2, 0.25) is 0 Å². The summed E-state index contributed by atoms with van der Waals surface area (Å²) in [5.41, 5.74) is 3.08.